The first-order valence-electron chi connectivity index (χ1n) is 7.15. The molecule has 0 radical (unpaired) electrons. The van der Waals surface area contributed by atoms with Crippen molar-refractivity contribution in [2.24, 2.45) is 0 Å². The number of anilines is 1. The number of benzene rings is 2. The molecule has 0 bridgehead atoms. The van der Waals surface area contributed by atoms with E-state index in [0.717, 1.165) is 22.4 Å². The number of rotatable bonds is 4. The number of aryl methyl sites for hydroxylation is 1. The first-order chi connectivity index (χ1) is 10.7. The largest absolute Gasteiger partial charge is 0.324 e. The molecule has 1 aromatic heterocycles. The molecule has 0 unspecified atom stereocenters. The van der Waals surface area contributed by atoms with Crippen molar-refractivity contribution < 1.29 is 4.79 Å². The Morgan fingerprint density at radius 3 is 2.36 bits per heavy atom. The van der Waals surface area contributed by atoms with Crippen LogP contribution < -0.4 is 5.32 Å². The van der Waals surface area contributed by atoms with Gasteiger partial charge >= 0.3 is 0 Å². The maximum absolute atomic E-state index is 12.0. The Bertz CT molecular complexity index is 761. The maximum Gasteiger partial charge on any atom is 0.246 e. The number of carbonyl (C=O) groups is 1. The summed E-state index contributed by atoms with van der Waals surface area (Å²) < 4.78 is 1.63. The molecule has 0 aliphatic rings. The van der Waals surface area contributed by atoms with Crippen LogP contribution in [0, 0.1) is 6.92 Å². The lowest BCUT2D eigenvalue weighted by molar-refractivity contribution is -0.116. The summed E-state index contributed by atoms with van der Waals surface area (Å²) in [6.07, 6.45) is 3.58. The molecular formula is C18H17N3O. The summed E-state index contributed by atoms with van der Waals surface area (Å²) in [7, 11) is 0. The molecule has 3 aromatic rings. The first kappa shape index (κ1) is 14.1. The fraction of sp³-hybridized carbons (Fsp3) is 0.111. The van der Waals surface area contributed by atoms with Gasteiger partial charge in [0.2, 0.25) is 5.91 Å². The number of aromatic nitrogens is 2. The van der Waals surface area contributed by atoms with Crippen molar-refractivity contribution in [1.29, 1.82) is 0 Å². The molecule has 0 aliphatic carbocycles. The van der Waals surface area contributed by atoms with E-state index < -0.39 is 0 Å². The van der Waals surface area contributed by atoms with E-state index in [1.54, 1.807) is 10.9 Å². The first-order valence-corrected chi connectivity index (χ1v) is 7.15. The predicted octanol–water partition coefficient (Wildman–Crippen LogP) is 3.50. The Labute approximate surface area is 129 Å². The molecule has 110 valence electrons. The molecule has 0 fully saturated rings. The molecule has 2 aromatic carbocycles. The molecule has 4 nitrogen and oxygen atoms in total. The summed E-state index contributed by atoms with van der Waals surface area (Å²) in [5.41, 5.74) is 4.11. The Hall–Kier alpha value is -2.88. The van der Waals surface area contributed by atoms with Gasteiger partial charge in [0.15, 0.2) is 0 Å². The Kier molecular flexibility index (Phi) is 4.01. The molecule has 0 saturated heterocycles. The molecule has 22 heavy (non-hydrogen) atoms. The molecule has 1 amide bonds. The fourth-order valence-corrected chi connectivity index (χ4v) is 2.28. The zero-order valence-electron chi connectivity index (χ0n) is 12.4. The third kappa shape index (κ3) is 3.41. The van der Waals surface area contributed by atoms with E-state index in [1.165, 1.54) is 0 Å². The normalized spacial score (nSPS) is 10.4. The van der Waals surface area contributed by atoms with Gasteiger partial charge in [-0.2, -0.15) is 5.10 Å². The highest BCUT2D eigenvalue weighted by molar-refractivity contribution is 5.90. The second-order valence-electron chi connectivity index (χ2n) is 5.21. The Morgan fingerprint density at radius 2 is 1.73 bits per heavy atom. The van der Waals surface area contributed by atoms with E-state index in [4.69, 9.17) is 0 Å². The molecule has 0 spiro atoms. The van der Waals surface area contributed by atoms with Gasteiger partial charge in [-0.15, -0.1) is 0 Å². The molecular weight excluding hydrogens is 274 g/mol. The van der Waals surface area contributed by atoms with Crippen LogP contribution in [0.3, 0.4) is 0 Å². The van der Waals surface area contributed by atoms with Crippen LogP contribution in [0.15, 0.2) is 67.0 Å². The molecule has 1 N–H and O–H groups in total. The van der Waals surface area contributed by atoms with E-state index in [-0.39, 0.29) is 12.5 Å². The summed E-state index contributed by atoms with van der Waals surface area (Å²) in [6, 6.07) is 18.0. The van der Waals surface area contributed by atoms with E-state index in [1.807, 2.05) is 55.6 Å². The van der Waals surface area contributed by atoms with Crippen molar-refractivity contribution in [2.75, 3.05) is 5.32 Å². The van der Waals surface area contributed by atoms with Crippen molar-refractivity contribution in [3.8, 4) is 11.1 Å². The Balaban J connectivity index is 1.65. The highest BCUT2D eigenvalue weighted by Crippen LogP contribution is 2.20. The second-order valence-corrected chi connectivity index (χ2v) is 5.21. The number of hydrogen-bond donors (Lipinski definition) is 1. The second kappa shape index (κ2) is 6.26. The summed E-state index contributed by atoms with van der Waals surface area (Å²) in [5, 5.41) is 6.99. The molecule has 3 rings (SSSR count). The number of nitrogens with one attached hydrogen (secondary N) is 1. The number of amides is 1. The summed E-state index contributed by atoms with van der Waals surface area (Å²) >= 11 is 0. The van der Waals surface area contributed by atoms with Gasteiger partial charge in [-0.1, -0.05) is 42.5 Å². The molecule has 0 aliphatic heterocycles. The van der Waals surface area contributed by atoms with Crippen molar-refractivity contribution in [3.05, 3.63) is 72.6 Å². The highest BCUT2D eigenvalue weighted by atomic mass is 16.2. The van der Waals surface area contributed by atoms with Gasteiger partial charge in [-0.05, 0) is 35.7 Å². The SMILES string of the molecule is Cc1cnn(CC(=O)Nc2ccc(-c3ccccc3)cc2)c1. The van der Waals surface area contributed by atoms with Crippen LogP contribution in [0.25, 0.3) is 11.1 Å². The van der Waals surface area contributed by atoms with E-state index >= 15 is 0 Å². The van der Waals surface area contributed by atoms with E-state index in [2.05, 4.69) is 22.5 Å². The van der Waals surface area contributed by atoms with E-state index in [0.29, 0.717) is 0 Å². The number of carbonyl (C=O) groups excluding carboxylic acids is 1. The average Bonchev–Trinajstić information content (AvgIpc) is 2.94. The van der Waals surface area contributed by atoms with Gasteiger partial charge in [0.25, 0.3) is 0 Å². The van der Waals surface area contributed by atoms with Crippen molar-refractivity contribution in [2.45, 2.75) is 13.5 Å². The van der Waals surface area contributed by atoms with Crippen LogP contribution in [0.5, 0.6) is 0 Å². The molecule has 4 heteroatoms. The molecule has 1 heterocycles. The van der Waals surface area contributed by atoms with Gasteiger partial charge < -0.3 is 5.32 Å². The standard InChI is InChI=1S/C18H17N3O/c1-14-11-19-21(12-14)13-18(22)20-17-9-7-16(8-10-17)15-5-3-2-4-6-15/h2-12H,13H2,1H3,(H,20,22). The predicted molar refractivity (Wildman–Crippen MR) is 87.5 cm³/mol. The summed E-state index contributed by atoms with van der Waals surface area (Å²) in [4.78, 5) is 12.0. The minimum Gasteiger partial charge on any atom is -0.324 e. The van der Waals surface area contributed by atoms with Crippen LogP contribution in [-0.2, 0) is 11.3 Å². The van der Waals surface area contributed by atoms with E-state index in [9.17, 15) is 4.79 Å². The van der Waals surface area contributed by atoms with Crippen LogP contribution >= 0.6 is 0 Å². The maximum atomic E-state index is 12.0. The highest BCUT2D eigenvalue weighted by Gasteiger charge is 2.05. The fourth-order valence-electron chi connectivity index (χ4n) is 2.28. The van der Waals surface area contributed by atoms with Crippen molar-refractivity contribution in [1.82, 2.24) is 9.78 Å². The van der Waals surface area contributed by atoms with Gasteiger partial charge in [-0.25, -0.2) is 0 Å². The lowest BCUT2D eigenvalue weighted by Crippen LogP contribution is -2.18. The number of nitrogens with zero attached hydrogens (tertiary/aromatic N) is 2. The quantitative estimate of drug-likeness (QED) is 0.799. The minimum absolute atomic E-state index is 0.0874. The van der Waals surface area contributed by atoms with Gasteiger partial charge in [0.05, 0.1) is 6.20 Å². The zero-order valence-corrected chi connectivity index (χ0v) is 12.4. The summed E-state index contributed by atoms with van der Waals surface area (Å²) in [5.74, 6) is -0.0874. The van der Waals surface area contributed by atoms with Crippen LogP contribution in [-0.4, -0.2) is 15.7 Å². The number of hydrogen-bond acceptors (Lipinski definition) is 2. The smallest absolute Gasteiger partial charge is 0.246 e. The molecule has 0 saturated carbocycles. The topological polar surface area (TPSA) is 46.9 Å². The van der Waals surface area contributed by atoms with Crippen LogP contribution in [0.1, 0.15) is 5.56 Å². The van der Waals surface area contributed by atoms with Gasteiger partial charge in [0, 0.05) is 11.9 Å². The third-order valence-corrected chi connectivity index (χ3v) is 3.34. The monoisotopic (exact) mass is 291 g/mol. The third-order valence-electron chi connectivity index (χ3n) is 3.34. The minimum atomic E-state index is -0.0874. The van der Waals surface area contributed by atoms with Crippen molar-refractivity contribution in [3.63, 3.8) is 0 Å². The molecule has 0 atom stereocenters. The van der Waals surface area contributed by atoms with Crippen LogP contribution in [0.2, 0.25) is 0 Å². The average molecular weight is 291 g/mol. The zero-order chi connectivity index (χ0) is 15.4. The van der Waals surface area contributed by atoms with Gasteiger partial charge in [0.1, 0.15) is 6.54 Å². The Morgan fingerprint density at radius 1 is 1.05 bits per heavy atom. The lowest BCUT2D eigenvalue weighted by Gasteiger charge is -2.07. The van der Waals surface area contributed by atoms with Gasteiger partial charge in [-0.3, -0.25) is 9.48 Å². The summed E-state index contributed by atoms with van der Waals surface area (Å²) in [6.45, 7) is 2.16. The lowest BCUT2D eigenvalue weighted by atomic mass is 10.1. The van der Waals surface area contributed by atoms with Crippen LogP contribution in [0.4, 0.5) is 5.69 Å². The van der Waals surface area contributed by atoms with Crippen molar-refractivity contribution >= 4 is 11.6 Å².